The summed E-state index contributed by atoms with van der Waals surface area (Å²) >= 11 is 0. The molecule has 0 fully saturated rings. The molecular formula is B2CsNbO6. The molecule has 0 aromatic carbocycles. The summed E-state index contributed by atoms with van der Waals surface area (Å²) in [7, 11) is -5.83. The standard InChI is InChI=1S/2BO3.Cs.Nb/c2*2-1(3)4;;/q2*-3;+1;+5. The number of rotatable bonds is 0. The number of hydrogen-bond donors (Lipinski definition) is 0. The summed E-state index contributed by atoms with van der Waals surface area (Å²) in [6.45, 7) is 0. The minimum absolute atomic E-state index is 0. The van der Waals surface area contributed by atoms with Gasteiger partial charge >= 0.3 is 91.3 Å². The van der Waals surface area contributed by atoms with Crippen molar-refractivity contribution in [3.8, 4) is 0 Å². The van der Waals surface area contributed by atoms with Crippen LogP contribution < -0.4 is 99.0 Å². The molecule has 0 aliphatic carbocycles. The Morgan fingerprint density at radius 1 is 0.600 bits per heavy atom. The molecule has 10 heteroatoms. The van der Waals surface area contributed by atoms with Crippen LogP contribution in [0.25, 0.3) is 0 Å². The van der Waals surface area contributed by atoms with Crippen LogP contribution in [0.2, 0.25) is 0 Å². The van der Waals surface area contributed by atoms with Gasteiger partial charge in [-0.3, -0.25) is 14.6 Å². The Kier molecular flexibility index (Phi) is 40.6. The molecule has 0 heterocycles. The van der Waals surface area contributed by atoms with E-state index in [1.807, 2.05) is 0 Å². The van der Waals surface area contributed by atoms with Crippen LogP contribution in [0.3, 0.4) is 0 Å². The molecule has 48 valence electrons. The molecule has 0 amide bonds. The van der Waals surface area contributed by atoms with Crippen molar-refractivity contribution < 1.29 is 121 Å². The Bertz CT molecular complexity index is 31.2. The molecule has 0 saturated heterocycles. The van der Waals surface area contributed by atoms with Gasteiger partial charge in [-0.15, -0.1) is 0 Å². The van der Waals surface area contributed by atoms with Crippen molar-refractivity contribution in [1.29, 1.82) is 0 Å². The molecule has 0 atom stereocenters. The second-order valence-electron chi connectivity index (χ2n) is 0.577. The Hall–Kier alpha value is 2.68. The van der Waals surface area contributed by atoms with Crippen molar-refractivity contribution in [2.75, 3.05) is 0 Å². The normalized spacial score (nSPS) is 5.40. The van der Waals surface area contributed by atoms with Crippen LogP contribution in [0.5, 0.6) is 0 Å². The van der Waals surface area contributed by atoms with Crippen LogP contribution >= 0.6 is 0 Å². The molecule has 0 N–H and O–H groups in total. The fourth-order valence-corrected chi connectivity index (χ4v) is 0. The van der Waals surface area contributed by atoms with E-state index in [2.05, 4.69) is 0 Å². The van der Waals surface area contributed by atoms with Crippen LogP contribution in [0, 0.1) is 0 Å². The first-order chi connectivity index (χ1) is 3.46. The maximum absolute atomic E-state index is 8.42. The van der Waals surface area contributed by atoms with Crippen molar-refractivity contribution in [2.45, 2.75) is 0 Å². The van der Waals surface area contributed by atoms with Gasteiger partial charge in [0.15, 0.2) is 0 Å². The first-order valence-corrected chi connectivity index (χ1v) is 1.41. The predicted molar refractivity (Wildman–Crippen MR) is 11.5 cm³/mol. The van der Waals surface area contributed by atoms with E-state index < -0.39 is 14.6 Å². The maximum atomic E-state index is 8.42. The average Bonchev–Trinajstić information content (AvgIpc) is 1.25. The average molecular weight is 343 g/mol. The first kappa shape index (κ1) is 23.0. The van der Waals surface area contributed by atoms with Gasteiger partial charge < -0.3 is 30.1 Å². The Balaban J connectivity index is -0.0000000300. The van der Waals surface area contributed by atoms with Gasteiger partial charge in [-0.1, -0.05) is 0 Å². The SMILES string of the molecule is [Cs+].[Nb+5].[O-]B([O-])[O-].[O-]B([O-])[O-]. The van der Waals surface area contributed by atoms with Gasteiger partial charge in [-0.05, 0) is 0 Å². The zero-order valence-electron chi connectivity index (χ0n) is 5.05. The van der Waals surface area contributed by atoms with E-state index in [1.54, 1.807) is 0 Å². The third-order valence-corrected chi connectivity index (χ3v) is 0. The third-order valence-electron chi connectivity index (χ3n) is 0. The predicted octanol–water partition coefficient (Wildman–Crippen LogP) is -10.9. The van der Waals surface area contributed by atoms with Gasteiger partial charge in [0.2, 0.25) is 0 Å². The second kappa shape index (κ2) is 17.7. The van der Waals surface area contributed by atoms with Crippen LogP contribution in [0.4, 0.5) is 0 Å². The van der Waals surface area contributed by atoms with E-state index in [1.165, 1.54) is 0 Å². The zero-order valence-corrected chi connectivity index (χ0v) is 13.5. The van der Waals surface area contributed by atoms with Crippen molar-refractivity contribution in [1.82, 2.24) is 0 Å². The van der Waals surface area contributed by atoms with Gasteiger partial charge in [0.25, 0.3) is 0 Å². The molecule has 0 aliphatic rings. The molecule has 0 aliphatic heterocycles. The van der Waals surface area contributed by atoms with Crippen LogP contribution in [0.15, 0.2) is 0 Å². The minimum atomic E-state index is -2.92. The van der Waals surface area contributed by atoms with E-state index in [-0.39, 0.29) is 91.3 Å². The first-order valence-electron chi connectivity index (χ1n) is 1.41. The summed E-state index contributed by atoms with van der Waals surface area (Å²) in [5.41, 5.74) is 0. The van der Waals surface area contributed by atoms with E-state index >= 15 is 0 Å². The molecular weight excluding hydrogens is 343 g/mol. The monoisotopic (exact) mass is 344 g/mol. The molecule has 0 saturated carbocycles. The van der Waals surface area contributed by atoms with Crippen LogP contribution in [-0.2, 0) is 22.4 Å². The van der Waals surface area contributed by atoms with Crippen LogP contribution in [0.1, 0.15) is 0 Å². The molecule has 0 aromatic heterocycles. The summed E-state index contributed by atoms with van der Waals surface area (Å²) in [5, 5.41) is 50.5. The Morgan fingerprint density at radius 3 is 0.600 bits per heavy atom. The Labute approximate surface area is 133 Å². The fraction of sp³-hybridized carbons (Fsp3) is 0. The molecule has 6 nitrogen and oxygen atoms in total. The van der Waals surface area contributed by atoms with Crippen molar-refractivity contribution in [3.05, 3.63) is 0 Å². The van der Waals surface area contributed by atoms with Gasteiger partial charge in [0, 0.05) is 0 Å². The van der Waals surface area contributed by atoms with E-state index in [0.29, 0.717) is 0 Å². The molecule has 0 unspecified atom stereocenters. The quantitative estimate of drug-likeness (QED) is 0.400. The Morgan fingerprint density at radius 2 is 0.600 bits per heavy atom. The van der Waals surface area contributed by atoms with Gasteiger partial charge in [-0.25, -0.2) is 0 Å². The van der Waals surface area contributed by atoms with Crippen molar-refractivity contribution in [2.24, 2.45) is 0 Å². The summed E-state index contributed by atoms with van der Waals surface area (Å²) in [4.78, 5) is 0. The topological polar surface area (TPSA) is 138 Å². The molecule has 0 aromatic rings. The largest absolute Gasteiger partial charge is 5.00 e. The van der Waals surface area contributed by atoms with Crippen LogP contribution in [-0.4, -0.2) is 14.6 Å². The van der Waals surface area contributed by atoms with Gasteiger partial charge in [-0.2, -0.15) is 0 Å². The summed E-state index contributed by atoms with van der Waals surface area (Å²) < 4.78 is 0. The molecule has 0 rings (SSSR count). The smallest absolute Gasteiger partial charge is 0.907 e. The number of hydrogen-bond acceptors (Lipinski definition) is 6. The second-order valence-corrected chi connectivity index (χ2v) is 0.577. The van der Waals surface area contributed by atoms with Crippen molar-refractivity contribution in [3.63, 3.8) is 0 Å². The molecule has 0 radical (unpaired) electrons. The fourth-order valence-electron chi connectivity index (χ4n) is 0. The van der Waals surface area contributed by atoms with Crippen molar-refractivity contribution >= 4 is 14.6 Å². The maximum Gasteiger partial charge on any atom is 5.00 e. The zero-order chi connectivity index (χ0) is 7.15. The summed E-state index contributed by atoms with van der Waals surface area (Å²) in [6.07, 6.45) is 0. The van der Waals surface area contributed by atoms with E-state index in [9.17, 15) is 0 Å². The molecule has 0 spiro atoms. The third kappa shape index (κ3) is 139. The molecule has 10 heavy (non-hydrogen) atoms. The molecule has 0 bridgehead atoms. The van der Waals surface area contributed by atoms with Gasteiger partial charge in [0.1, 0.15) is 0 Å². The summed E-state index contributed by atoms with van der Waals surface area (Å²) in [6, 6.07) is 0. The summed E-state index contributed by atoms with van der Waals surface area (Å²) in [5.74, 6) is 0. The van der Waals surface area contributed by atoms with E-state index in [0.717, 1.165) is 0 Å². The van der Waals surface area contributed by atoms with E-state index in [4.69, 9.17) is 30.1 Å². The minimum Gasteiger partial charge on any atom is -0.907 e. The van der Waals surface area contributed by atoms with Gasteiger partial charge in [0.05, 0.1) is 0 Å².